The van der Waals surface area contributed by atoms with Crippen LogP contribution in [0.2, 0.25) is 0 Å². The van der Waals surface area contributed by atoms with Gasteiger partial charge in [0, 0.05) is 23.4 Å². The lowest BCUT2D eigenvalue weighted by molar-refractivity contribution is 0.0903. The molecule has 0 fully saturated rings. The lowest BCUT2D eigenvalue weighted by Crippen LogP contribution is -2.54. The fourth-order valence-electron chi connectivity index (χ4n) is 1.35. The maximum atomic E-state index is 12.1. The Hall–Kier alpha value is -1.40. The van der Waals surface area contributed by atoms with E-state index in [0.29, 0.717) is 5.56 Å². The van der Waals surface area contributed by atoms with Gasteiger partial charge in [-0.3, -0.25) is 4.79 Å². The summed E-state index contributed by atoms with van der Waals surface area (Å²) in [6, 6.07) is 5.71. The Labute approximate surface area is 114 Å². The number of sulfone groups is 1. The van der Waals surface area contributed by atoms with Gasteiger partial charge in [-0.1, -0.05) is 6.07 Å². The Bertz CT molecular complexity index is 577. The Morgan fingerprint density at radius 2 is 1.95 bits per heavy atom. The zero-order valence-corrected chi connectivity index (χ0v) is 12.4. The van der Waals surface area contributed by atoms with Crippen LogP contribution in [0.3, 0.4) is 0 Å². The van der Waals surface area contributed by atoms with Crippen molar-refractivity contribution in [2.24, 2.45) is 5.73 Å². The van der Waals surface area contributed by atoms with Crippen molar-refractivity contribution in [2.75, 3.05) is 6.26 Å². The van der Waals surface area contributed by atoms with Gasteiger partial charge in [-0.2, -0.15) is 0 Å². The maximum Gasteiger partial charge on any atom is 0.251 e. The quantitative estimate of drug-likeness (QED) is 0.861. The minimum absolute atomic E-state index is 0.124. The van der Waals surface area contributed by atoms with E-state index in [-0.39, 0.29) is 16.8 Å². The van der Waals surface area contributed by atoms with Gasteiger partial charge in [0.05, 0.1) is 4.90 Å². The van der Waals surface area contributed by atoms with Crippen LogP contribution in [-0.2, 0) is 9.84 Å². The molecule has 0 aliphatic heterocycles. The number of amides is 1. The van der Waals surface area contributed by atoms with E-state index in [1.807, 2.05) is 13.8 Å². The molecule has 0 aliphatic carbocycles. The molecule has 0 bridgehead atoms. The summed E-state index contributed by atoms with van der Waals surface area (Å²) in [5, 5.41) is 2.79. The van der Waals surface area contributed by atoms with E-state index in [2.05, 4.69) is 5.32 Å². The highest BCUT2D eigenvalue weighted by molar-refractivity contribution is 7.90. The van der Waals surface area contributed by atoms with E-state index in [1.165, 1.54) is 12.1 Å². The molecule has 1 amide bonds. The van der Waals surface area contributed by atoms with Crippen LogP contribution in [0.15, 0.2) is 29.2 Å². The first-order valence-corrected chi connectivity index (χ1v) is 7.81. The molecule has 1 atom stereocenters. The van der Waals surface area contributed by atoms with E-state index in [1.54, 1.807) is 19.1 Å². The highest BCUT2D eigenvalue weighted by atomic mass is 32.2. The third kappa shape index (κ3) is 4.04. The molecule has 3 N–H and O–H groups in total. The van der Waals surface area contributed by atoms with Crippen LogP contribution in [0.5, 0.6) is 0 Å². The van der Waals surface area contributed by atoms with Gasteiger partial charge in [-0.15, -0.1) is 0 Å². The first-order valence-electron chi connectivity index (χ1n) is 5.92. The van der Waals surface area contributed by atoms with Crippen molar-refractivity contribution in [3.8, 4) is 0 Å². The minimum atomic E-state index is -3.32. The van der Waals surface area contributed by atoms with Gasteiger partial charge >= 0.3 is 0 Å². The van der Waals surface area contributed by atoms with Gasteiger partial charge in [-0.25, -0.2) is 8.42 Å². The second kappa shape index (κ2) is 5.30. The van der Waals surface area contributed by atoms with E-state index >= 15 is 0 Å². The predicted molar refractivity (Wildman–Crippen MR) is 74.7 cm³/mol. The van der Waals surface area contributed by atoms with Crippen molar-refractivity contribution in [2.45, 2.75) is 37.2 Å². The molecule has 1 aromatic rings. The molecule has 1 aromatic carbocycles. The van der Waals surface area contributed by atoms with Crippen LogP contribution in [0, 0.1) is 0 Å². The van der Waals surface area contributed by atoms with Gasteiger partial charge in [-0.05, 0) is 39.0 Å². The Kier molecular flexibility index (Phi) is 4.37. The molecule has 0 aromatic heterocycles. The van der Waals surface area contributed by atoms with Gasteiger partial charge < -0.3 is 11.1 Å². The van der Waals surface area contributed by atoms with Crippen molar-refractivity contribution in [3.05, 3.63) is 29.8 Å². The summed E-state index contributed by atoms with van der Waals surface area (Å²) >= 11 is 0. The van der Waals surface area contributed by atoms with Crippen molar-refractivity contribution >= 4 is 15.7 Å². The molecule has 19 heavy (non-hydrogen) atoms. The summed E-state index contributed by atoms with van der Waals surface area (Å²) in [6.45, 7) is 5.43. The number of hydrogen-bond acceptors (Lipinski definition) is 4. The number of nitrogens with two attached hydrogens (primary N) is 1. The van der Waals surface area contributed by atoms with Crippen molar-refractivity contribution in [1.82, 2.24) is 5.32 Å². The first kappa shape index (κ1) is 15.7. The molecular formula is C13H20N2O3S. The number of hydrogen-bond donors (Lipinski definition) is 2. The van der Waals surface area contributed by atoms with E-state index in [9.17, 15) is 13.2 Å². The van der Waals surface area contributed by atoms with Gasteiger partial charge in [0.2, 0.25) is 0 Å². The monoisotopic (exact) mass is 284 g/mol. The lowest BCUT2D eigenvalue weighted by atomic mass is 9.96. The Morgan fingerprint density at radius 3 is 2.42 bits per heavy atom. The first-order chi connectivity index (χ1) is 8.54. The highest BCUT2D eigenvalue weighted by Gasteiger charge is 2.25. The second-order valence-corrected chi connectivity index (χ2v) is 7.28. The van der Waals surface area contributed by atoms with Crippen molar-refractivity contribution in [1.29, 1.82) is 0 Å². The fraction of sp³-hybridized carbons (Fsp3) is 0.462. The van der Waals surface area contributed by atoms with Crippen molar-refractivity contribution in [3.63, 3.8) is 0 Å². The molecule has 6 heteroatoms. The maximum absolute atomic E-state index is 12.1. The summed E-state index contributed by atoms with van der Waals surface area (Å²) in [7, 11) is -3.32. The molecule has 0 radical (unpaired) electrons. The number of carbonyl (C=O) groups excluding carboxylic acids is 1. The van der Waals surface area contributed by atoms with Crippen LogP contribution >= 0.6 is 0 Å². The smallest absolute Gasteiger partial charge is 0.251 e. The van der Waals surface area contributed by atoms with E-state index < -0.39 is 15.4 Å². The van der Waals surface area contributed by atoms with Gasteiger partial charge in [0.15, 0.2) is 9.84 Å². The molecule has 0 saturated heterocycles. The molecule has 106 valence electrons. The van der Waals surface area contributed by atoms with Crippen LogP contribution in [0.4, 0.5) is 0 Å². The third-order valence-electron chi connectivity index (χ3n) is 3.10. The van der Waals surface area contributed by atoms with Crippen LogP contribution < -0.4 is 11.1 Å². The molecule has 0 heterocycles. The van der Waals surface area contributed by atoms with E-state index in [4.69, 9.17) is 5.73 Å². The van der Waals surface area contributed by atoms with Crippen LogP contribution in [0.1, 0.15) is 31.1 Å². The van der Waals surface area contributed by atoms with Crippen LogP contribution in [-0.4, -0.2) is 32.2 Å². The zero-order valence-electron chi connectivity index (χ0n) is 11.6. The molecule has 1 rings (SSSR count). The highest BCUT2D eigenvalue weighted by Crippen LogP contribution is 2.13. The average molecular weight is 284 g/mol. The second-order valence-electron chi connectivity index (χ2n) is 5.26. The molecular weight excluding hydrogens is 264 g/mol. The summed E-state index contributed by atoms with van der Waals surface area (Å²) in [5.74, 6) is -0.340. The van der Waals surface area contributed by atoms with E-state index in [0.717, 1.165) is 6.26 Å². The molecule has 5 nitrogen and oxygen atoms in total. The number of benzene rings is 1. The lowest BCUT2D eigenvalue weighted by Gasteiger charge is -2.30. The molecule has 1 unspecified atom stereocenters. The zero-order chi connectivity index (χ0) is 14.8. The van der Waals surface area contributed by atoms with Crippen LogP contribution in [0.25, 0.3) is 0 Å². The van der Waals surface area contributed by atoms with Gasteiger partial charge in [0.25, 0.3) is 5.91 Å². The van der Waals surface area contributed by atoms with Gasteiger partial charge in [0.1, 0.15) is 0 Å². The Balaban J connectivity index is 3.02. The topological polar surface area (TPSA) is 89.3 Å². The standard InChI is InChI=1S/C13H20N2O3S/c1-9(14)13(2,3)15-12(16)10-6-5-7-11(8-10)19(4,17)18/h5-9H,14H2,1-4H3,(H,15,16). The summed E-state index contributed by atoms with van der Waals surface area (Å²) in [5.41, 5.74) is 5.52. The largest absolute Gasteiger partial charge is 0.346 e. The number of rotatable bonds is 4. The number of nitrogens with one attached hydrogen (secondary N) is 1. The summed E-state index contributed by atoms with van der Waals surface area (Å²) in [6.07, 6.45) is 1.11. The third-order valence-corrected chi connectivity index (χ3v) is 4.21. The molecule has 0 spiro atoms. The molecule has 0 aliphatic rings. The fourth-order valence-corrected chi connectivity index (χ4v) is 2.01. The average Bonchev–Trinajstić information content (AvgIpc) is 2.27. The summed E-state index contributed by atoms with van der Waals surface area (Å²) in [4.78, 5) is 12.2. The summed E-state index contributed by atoms with van der Waals surface area (Å²) < 4.78 is 22.9. The number of carbonyl (C=O) groups is 1. The molecule has 0 saturated carbocycles. The normalized spacial score (nSPS) is 13.9. The van der Waals surface area contributed by atoms with Crippen molar-refractivity contribution < 1.29 is 13.2 Å². The minimum Gasteiger partial charge on any atom is -0.346 e. The predicted octanol–water partition coefficient (Wildman–Crippen LogP) is 0.946. The Morgan fingerprint density at radius 1 is 1.37 bits per heavy atom. The SMILES string of the molecule is CC(N)C(C)(C)NC(=O)c1cccc(S(C)(=O)=O)c1.